The van der Waals surface area contributed by atoms with E-state index in [1.165, 1.54) is 0 Å². The molecule has 0 radical (unpaired) electrons. The summed E-state index contributed by atoms with van der Waals surface area (Å²) in [4.78, 5) is 10.8. The fraction of sp³-hybridized carbons (Fsp3) is 0.231. The molecule has 0 aliphatic heterocycles. The van der Waals surface area contributed by atoms with E-state index in [4.69, 9.17) is 14.8 Å². The summed E-state index contributed by atoms with van der Waals surface area (Å²) in [7, 11) is 0. The first-order chi connectivity index (χ1) is 9.19. The predicted octanol–water partition coefficient (Wildman–Crippen LogP) is 2.18. The summed E-state index contributed by atoms with van der Waals surface area (Å²) in [6.07, 6.45) is 2.16. The molecule has 1 aliphatic rings. The van der Waals surface area contributed by atoms with E-state index in [1.54, 1.807) is 12.1 Å². The zero-order valence-electron chi connectivity index (χ0n) is 9.83. The summed E-state index contributed by atoms with van der Waals surface area (Å²) >= 11 is 0. The van der Waals surface area contributed by atoms with Crippen LogP contribution in [0.3, 0.4) is 0 Å². The molecule has 3 rings (SSSR count). The molecule has 1 aromatic heterocycles. The third kappa shape index (κ3) is 2.06. The van der Waals surface area contributed by atoms with Crippen molar-refractivity contribution < 1.29 is 14.3 Å². The number of carboxylic acid groups (broad SMARTS) is 1. The molecule has 1 heterocycles. The van der Waals surface area contributed by atoms with Gasteiger partial charge in [0.25, 0.3) is 0 Å². The molecule has 0 atom stereocenters. The van der Waals surface area contributed by atoms with Crippen molar-refractivity contribution in [2.45, 2.75) is 18.8 Å². The first-order valence-electron chi connectivity index (χ1n) is 5.80. The van der Waals surface area contributed by atoms with Crippen LogP contribution in [0, 0.1) is 11.3 Å². The minimum Gasteiger partial charge on any atom is -0.474 e. The molecular formula is C13H9N3O3. The molecule has 0 unspecified atom stereocenters. The summed E-state index contributed by atoms with van der Waals surface area (Å²) < 4.78 is 5.12. The van der Waals surface area contributed by atoms with Gasteiger partial charge in [-0.1, -0.05) is 6.07 Å². The van der Waals surface area contributed by atoms with Gasteiger partial charge in [0.15, 0.2) is 0 Å². The Kier molecular flexibility index (Phi) is 2.53. The fourth-order valence-electron chi connectivity index (χ4n) is 1.98. The average molecular weight is 255 g/mol. The first-order valence-corrected chi connectivity index (χ1v) is 5.80. The molecule has 94 valence electrons. The van der Waals surface area contributed by atoms with Crippen molar-refractivity contribution in [1.82, 2.24) is 10.2 Å². The minimum absolute atomic E-state index is 0.149. The number of rotatable bonds is 3. The monoisotopic (exact) mass is 255 g/mol. The van der Waals surface area contributed by atoms with Gasteiger partial charge in [0.2, 0.25) is 5.89 Å². The Morgan fingerprint density at radius 2 is 2.21 bits per heavy atom. The highest BCUT2D eigenvalue weighted by Crippen LogP contribution is 2.44. The van der Waals surface area contributed by atoms with Crippen molar-refractivity contribution in [1.29, 1.82) is 5.26 Å². The van der Waals surface area contributed by atoms with Crippen LogP contribution in [-0.4, -0.2) is 21.3 Å². The van der Waals surface area contributed by atoms with Crippen LogP contribution in [0.2, 0.25) is 0 Å². The third-order valence-corrected chi connectivity index (χ3v) is 3.04. The Bertz CT molecular complexity index is 695. The standard InChI is InChI=1S/C13H9N3O3/c14-6-7-1-4-9(8-2-3-8)10(5-7)11-15-16-12(19-11)13(17)18/h1,4-5,8H,2-3H2,(H,17,18). The Hall–Kier alpha value is -2.68. The first kappa shape index (κ1) is 11.4. The highest BCUT2D eigenvalue weighted by Gasteiger charge is 2.28. The predicted molar refractivity (Wildman–Crippen MR) is 63.4 cm³/mol. The van der Waals surface area contributed by atoms with Gasteiger partial charge in [0.05, 0.1) is 11.6 Å². The second kappa shape index (κ2) is 4.21. The molecule has 0 spiro atoms. The van der Waals surface area contributed by atoms with Crippen LogP contribution in [0.15, 0.2) is 22.6 Å². The molecule has 1 fully saturated rings. The second-order valence-electron chi connectivity index (χ2n) is 4.41. The van der Waals surface area contributed by atoms with Crippen molar-refractivity contribution in [2.24, 2.45) is 0 Å². The van der Waals surface area contributed by atoms with Crippen molar-refractivity contribution in [3.63, 3.8) is 0 Å². The Balaban J connectivity index is 2.10. The van der Waals surface area contributed by atoms with E-state index in [2.05, 4.69) is 10.2 Å². The van der Waals surface area contributed by atoms with Gasteiger partial charge < -0.3 is 9.52 Å². The molecule has 0 bridgehead atoms. The molecule has 6 nitrogen and oxygen atoms in total. The summed E-state index contributed by atoms with van der Waals surface area (Å²) in [5.74, 6) is -1.12. The zero-order valence-corrected chi connectivity index (χ0v) is 9.83. The maximum Gasteiger partial charge on any atom is 0.393 e. The number of hydrogen-bond acceptors (Lipinski definition) is 5. The molecule has 2 aromatic rings. The number of carboxylic acids is 1. The topological polar surface area (TPSA) is 100 Å². The van der Waals surface area contributed by atoms with Gasteiger partial charge in [-0.05, 0) is 36.5 Å². The van der Waals surface area contributed by atoms with Crippen molar-refractivity contribution >= 4 is 5.97 Å². The van der Waals surface area contributed by atoms with Gasteiger partial charge in [0, 0.05) is 5.56 Å². The van der Waals surface area contributed by atoms with E-state index in [9.17, 15) is 4.79 Å². The lowest BCUT2D eigenvalue weighted by atomic mass is 10.0. The highest BCUT2D eigenvalue weighted by atomic mass is 16.4. The molecule has 6 heteroatoms. The lowest BCUT2D eigenvalue weighted by Crippen LogP contribution is -1.95. The summed E-state index contributed by atoms with van der Waals surface area (Å²) in [6, 6.07) is 7.32. The SMILES string of the molecule is N#Cc1ccc(C2CC2)c(-c2nnc(C(=O)O)o2)c1. The van der Waals surface area contributed by atoms with Crippen LogP contribution in [-0.2, 0) is 0 Å². The molecule has 1 aliphatic carbocycles. The summed E-state index contributed by atoms with van der Waals surface area (Å²) in [5.41, 5.74) is 2.16. The fourth-order valence-corrected chi connectivity index (χ4v) is 1.98. The van der Waals surface area contributed by atoms with E-state index in [0.717, 1.165) is 18.4 Å². The maximum absolute atomic E-state index is 10.8. The van der Waals surface area contributed by atoms with Gasteiger partial charge in [-0.15, -0.1) is 10.2 Å². The normalized spacial score (nSPS) is 14.1. The van der Waals surface area contributed by atoms with E-state index in [0.29, 0.717) is 17.0 Å². The van der Waals surface area contributed by atoms with Gasteiger partial charge in [-0.3, -0.25) is 0 Å². The van der Waals surface area contributed by atoms with Gasteiger partial charge in [-0.25, -0.2) is 4.79 Å². The van der Waals surface area contributed by atoms with Crippen LogP contribution < -0.4 is 0 Å². The number of benzene rings is 1. The molecular weight excluding hydrogens is 246 g/mol. The van der Waals surface area contributed by atoms with E-state index in [1.807, 2.05) is 12.1 Å². The Morgan fingerprint density at radius 3 is 2.79 bits per heavy atom. The van der Waals surface area contributed by atoms with Crippen LogP contribution >= 0.6 is 0 Å². The smallest absolute Gasteiger partial charge is 0.393 e. The zero-order chi connectivity index (χ0) is 13.4. The molecule has 1 N–H and O–H groups in total. The maximum atomic E-state index is 10.8. The van der Waals surface area contributed by atoms with Crippen molar-refractivity contribution in [3.8, 4) is 17.5 Å². The molecule has 0 saturated heterocycles. The number of aromatic carboxylic acids is 1. The van der Waals surface area contributed by atoms with Crippen molar-refractivity contribution in [3.05, 3.63) is 35.2 Å². The summed E-state index contributed by atoms with van der Waals surface area (Å²) in [5, 5.41) is 24.9. The Morgan fingerprint density at radius 1 is 1.42 bits per heavy atom. The van der Waals surface area contributed by atoms with E-state index in [-0.39, 0.29) is 5.89 Å². The summed E-state index contributed by atoms with van der Waals surface area (Å²) in [6.45, 7) is 0. The highest BCUT2D eigenvalue weighted by molar-refractivity contribution is 5.82. The van der Waals surface area contributed by atoms with Crippen LogP contribution in [0.5, 0.6) is 0 Å². The van der Waals surface area contributed by atoms with Crippen LogP contribution in [0.1, 0.15) is 40.6 Å². The molecule has 1 saturated carbocycles. The van der Waals surface area contributed by atoms with E-state index >= 15 is 0 Å². The quantitative estimate of drug-likeness (QED) is 0.902. The van der Waals surface area contributed by atoms with Crippen LogP contribution in [0.4, 0.5) is 0 Å². The average Bonchev–Trinajstić information content (AvgIpc) is 3.14. The lowest BCUT2D eigenvalue weighted by molar-refractivity contribution is 0.0654. The van der Waals surface area contributed by atoms with Gasteiger partial charge in [0.1, 0.15) is 0 Å². The number of aromatic nitrogens is 2. The molecule has 1 aromatic carbocycles. The second-order valence-corrected chi connectivity index (χ2v) is 4.41. The van der Waals surface area contributed by atoms with Gasteiger partial charge in [-0.2, -0.15) is 5.26 Å². The lowest BCUT2D eigenvalue weighted by Gasteiger charge is -2.04. The van der Waals surface area contributed by atoms with Crippen molar-refractivity contribution in [2.75, 3.05) is 0 Å². The van der Waals surface area contributed by atoms with Crippen LogP contribution in [0.25, 0.3) is 11.5 Å². The Labute approximate surface area is 108 Å². The third-order valence-electron chi connectivity index (χ3n) is 3.04. The number of carbonyl (C=O) groups is 1. The number of hydrogen-bond donors (Lipinski definition) is 1. The number of nitriles is 1. The molecule has 19 heavy (non-hydrogen) atoms. The van der Waals surface area contributed by atoms with Gasteiger partial charge >= 0.3 is 11.9 Å². The minimum atomic E-state index is -1.26. The molecule has 0 amide bonds. The van der Waals surface area contributed by atoms with E-state index < -0.39 is 11.9 Å². The number of nitrogens with zero attached hydrogens (tertiary/aromatic N) is 3. The largest absolute Gasteiger partial charge is 0.474 e.